The lowest BCUT2D eigenvalue weighted by molar-refractivity contribution is -0.127. The maximum absolute atomic E-state index is 12.6. The zero-order chi connectivity index (χ0) is 17.6. The molecule has 5 heteroatoms. The minimum atomic E-state index is -0.421. The molecule has 132 valence electrons. The molecule has 2 heterocycles. The van der Waals surface area contributed by atoms with Crippen LogP contribution in [0.4, 0.5) is 0 Å². The molecule has 1 amide bonds. The summed E-state index contributed by atoms with van der Waals surface area (Å²) in [5.74, 6) is 0.421. The van der Waals surface area contributed by atoms with Crippen molar-refractivity contribution in [3.05, 3.63) is 54.1 Å². The average Bonchev–Trinajstić information content (AvgIpc) is 3.14. The summed E-state index contributed by atoms with van der Waals surface area (Å²) in [5, 5.41) is 0. The third kappa shape index (κ3) is 3.98. The minimum absolute atomic E-state index is 0.202. The Kier molecular flexibility index (Phi) is 5.64. The van der Waals surface area contributed by atoms with Crippen LogP contribution >= 0.6 is 0 Å². The van der Waals surface area contributed by atoms with Crippen LogP contribution in [0.2, 0.25) is 0 Å². The standard InChI is InChI=1S/C20H25N3O2/c1-2-3-12-22-14-11-21-19(22)17-10-7-13-23(15-17)20(25)18(24)16-8-5-4-6-9-16/h4-6,8-9,11,14,17H,2-3,7,10,12-13,15H2,1H3/t17-/m1/s1. The van der Waals surface area contributed by atoms with E-state index in [0.717, 1.165) is 38.1 Å². The zero-order valence-corrected chi connectivity index (χ0v) is 14.7. The van der Waals surface area contributed by atoms with Crippen LogP contribution in [0, 0.1) is 0 Å². The number of aromatic nitrogens is 2. The normalized spacial score (nSPS) is 17.5. The number of hydrogen-bond acceptors (Lipinski definition) is 3. The molecule has 1 aromatic carbocycles. The molecule has 0 N–H and O–H groups in total. The molecule has 0 unspecified atom stereocenters. The van der Waals surface area contributed by atoms with Gasteiger partial charge in [0, 0.05) is 43.5 Å². The van der Waals surface area contributed by atoms with Gasteiger partial charge in [-0.25, -0.2) is 4.98 Å². The molecular weight excluding hydrogens is 314 g/mol. The van der Waals surface area contributed by atoms with Crippen LogP contribution < -0.4 is 0 Å². The number of piperidine rings is 1. The highest BCUT2D eigenvalue weighted by molar-refractivity contribution is 6.42. The monoisotopic (exact) mass is 339 g/mol. The SMILES string of the molecule is CCCCn1ccnc1[C@@H]1CCCN(C(=O)C(=O)c2ccccc2)C1. The van der Waals surface area contributed by atoms with E-state index >= 15 is 0 Å². The van der Waals surface area contributed by atoms with Crippen molar-refractivity contribution in [2.45, 2.75) is 45.1 Å². The molecular formula is C20H25N3O2. The van der Waals surface area contributed by atoms with Crippen LogP contribution in [0.1, 0.15) is 54.7 Å². The predicted octanol–water partition coefficient (Wildman–Crippen LogP) is 3.27. The molecule has 2 aromatic rings. The van der Waals surface area contributed by atoms with Crippen molar-refractivity contribution in [2.75, 3.05) is 13.1 Å². The summed E-state index contributed by atoms with van der Waals surface area (Å²) < 4.78 is 2.20. The molecule has 1 atom stereocenters. The van der Waals surface area contributed by atoms with Crippen LogP contribution in [-0.4, -0.2) is 39.2 Å². The van der Waals surface area contributed by atoms with E-state index in [0.29, 0.717) is 18.7 Å². The van der Waals surface area contributed by atoms with Gasteiger partial charge in [0.1, 0.15) is 5.82 Å². The maximum atomic E-state index is 12.6. The first kappa shape index (κ1) is 17.4. The molecule has 5 nitrogen and oxygen atoms in total. The van der Waals surface area contributed by atoms with E-state index < -0.39 is 11.7 Å². The highest BCUT2D eigenvalue weighted by Gasteiger charge is 2.30. The average molecular weight is 339 g/mol. The van der Waals surface area contributed by atoms with Gasteiger partial charge >= 0.3 is 0 Å². The largest absolute Gasteiger partial charge is 0.335 e. The van der Waals surface area contributed by atoms with Crippen molar-refractivity contribution in [1.82, 2.24) is 14.5 Å². The van der Waals surface area contributed by atoms with Gasteiger partial charge in [-0.05, 0) is 19.3 Å². The van der Waals surface area contributed by atoms with Crippen LogP contribution in [0.5, 0.6) is 0 Å². The number of carbonyl (C=O) groups is 2. The zero-order valence-electron chi connectivity index (χ0n) is 14.7. The number of Topliss-reactive ketones (excluding diaryl/α,β-unsaturated/α-hetero) is 1. The number of unbranched alkanes of at least 4 members (excludes halogenated alkanes) is 1. The Bertz CT molecular complexity index is 724. The molecule has 25 heavy (non-hydrogen) atoms. The van der Waals surface area contributed by atoms with E-state index in [1.165, 1.54) is 0 Å². The van der Waals surface area contributed by atoms with E-state index in [2.05, 4.69) is 16.5 Å². The number of rotatable bonds is 6. The summed E-state index contributed by atoms with van der Waals surface area (Å²) in [7, 11) is 0. The Hall–Kier alpha value is -2.43. The molecule has 1 aromatic heterocycles. The summed E-state index contributed by atoms with van der Waals surface area (Å²) in [5.41, 5.74) is 0.457. The summed E-state index contributed by atoms with van der Waals surface area (Å²) in [4.78, 5) is 31.3. The highest BCUT2D eigenvalue weighted by Crippen LogP contribution is 2.26. The van der Waals surface area contributed by atoms with E-state index in [1.807, 2.05) is 18.5 Å². The van der Waals surface area contributed by atoms with Gasteiger partial charge in [-0.15, -0.1) is 0 Å². The second-order valence-electron chi connectivity index (χ2n) is 6.62. The molecule has 1 fully saturated rings. The van der Waals surface area contributed by atoms with Crippen LogP contribution in [0.25, 0.3) is 0 Å². The summed E-state index contributed by atoms with van der Waals surface area (Å²) >= 11 is 0. The molecule has 0 radical (unpaired) electrons. The quantitative estimate of drug-likeness (QED) is 0.599. The predicted molar refractivity (Wildman–Crippen MR) is 96.5 cm³/mol. The fourth-order valence-corrected chi connectivity index (χ4v) is 3.43. The van der Waals surface area contributed by atoms with Crippen molar-refractivity contribution >= 4 is 11.7 Å². The number of imidazole rings is 1. The van der Waals surface area contributed by atoms with Crippen molar-refractivity contribution in [1.29, 1.82) is 0 Å². The van der Waals surface area contributed by atoms with E-state index in [1.54, 1.807) is 29.2 Å². The summed E-state index contributed by atoms with van der Waals surface area (Å²) in [6.07, 6.45) is 8.01. The third-order valence-electron chi connectivity index (χ3n) is 4.80. The molecule has 1 aliphatic heterocycles. The first-order valence-corrected chi connectivity index (χ1v) is 9.10. The summed E-state index contributed by atoms with van der Waals surface area (Å²) in [6, 6.07) is 8.79. The number of carbonyl (C=O) groups excluding carboxylic acids is 2. The van der Waals surface area contributed by atoms with Crippen molar-refractivity contribution < 1.29 is 9.59 Å². The number of benzene rings is 1. The first-order chi connectivity index (χ1) is 12.2. The lowest BCUT2D eigenvalue weighted by atomic mass is 9.96. The molecule has 0 bridgehead atoms. The van der Waals surface area contributed by atoms with Gasteiger partial charge in [0.2, 0.25) is 5.78 Å². The fourth-order valence-electron chi connectivity index (χ4n) is 3.43. The Labute approximate surface area is 148 Å². The fraction of sp³-hybridized carbons (Fsp3) is 0.450. The van der Waals surface area contributed by atoms with Crippen LogP contribution in [-0.2, 0) is 11.3 Å². The number of hydrogen-bond donors (Lipinski definition) is 0. The Morgan fingerprint density at radius 3 is 2.80 bits per heavy atom. The van der Waals surface area contributed by atoms with Gasteiger partial charge in [0.05, 0.1) is 0 Å². The lowest BCUT2D eigenvalue weighted by Gasteiger charge is -2.32. The van der Waals surface area contributed by atoms with E-state index in [9.17, 15) is 9.59 Å². The molecule has 1 saturated heterocycles. The van der Waals surface area contributed by atoms with Gasteiger partial charge in [-0.1, -0.05) is 43.7 Å². The number of likely N-dealkylation sites (tertiary alicyclic amines) is 1. The molecule has 0 spiro atoms. The number of nitrogens with zero attached hydrogens (tertiary/aromatic N) is 3. The summed E-state index contributed by atoms with van der Waals surface area (Å²) in [6.45, 7) is 4.34. The number of ketones is 1. The van der Waals surface area contributed by atoms with Gasteiger partial charge < -0.3 is 9.47 Å². The van der Waals surface area contributed by atoms with Crippen LogP contribution in [0.3, 0.4) is 0 Å². The van der Waals surface area contributed by atoms with Crippen molar-refractivity contribution in [3.8, 4) is 0 Å². The second-order valence-corrected chi connectivity index (χ2v) is 6.62. The van der Waals surface area contributed by atoms with Crippen LogP contribution in [0.15, 0.2) is 42.7 Å². The first-order valence-electron chi connectivity index (χ1n) is 9.10. The molecule has 0 saturated carbocycles. The second kappa shape index (κ2) is 8.10. The number of amides is 1. The third-order valence-corrected chi connectivity index (χ3v) is 4.80. The molecule has 0 aliphatic carbocycles. The van der Waals surface area contributed by atoms with Crippen molar-refractivity contribution in [2.24, 2.45) is 0 Å². The van der Waals surface area contributed by atoms with E-state index in [4.69, 9.17) is 0 Å². The van der Waals surface area contributed by atoms with Gasteiger partial charge in [-0.3, -0.25) is 9.59 Å². The number of aryl methyl sites for hydroxylation is 1. The Morgan fingerprint density at radius 1 is 1.24 bits per heavy atom. The van der Waals surface area contributed by atoms with Gasteiger partial charge in [-0.2, -0.15) is 0 Å². The van der Waals surface area contributed by atoms with E-state index in [-0.39, 0.29) is 5.92 Å². The maximum Gasteiger partial charge on any atom is 0.294 e. The van der Waals surface area contributed by atoms with Gasteiger partial charge in [0.25, 0.3) is 5.91 Å². The molecule has 1 aliphatic rings. The molecule has 3 rings (SSSR count). The lowest BCUT2D eigenvalue weighted by Crippen LogP contribution is -2.43. The Balaban J connectivity index is 1.70. The highest BCUT2D eigenvalue weighted by atomic mass is 16.2. The van der Waals surface area contributed by atoms with Crippen molar-refractivity contribution in [3.63, 3.8) is 0 Å². The van der Waals surface area contributed by atoms with Gasteiger partial charge in [0.15, 0.2) is 0 Å². The minimum Gasteiger partial charge on any atom is -0.335 e. The topological polar surface area (TPSA) is 55.2 Å². The Morgan fingerprint density at radius 2 is 2.04 bits per heavy atom. The smallest absolute Gasteiger partial charge is 0.294 e.